The lowest BCUT2D eigenvalue weighted by Crippen LogP contribution is -2.44. The first kappa shape index (κ1) is 18.3. The number of hydrazine groups is 1. The molecule has 0 aliphatic carbocycles. The Hall–Kier alpha value is -3.48. The van der Waals surface area contributed by atoms with Gasteiger partial charge in [-0.1, -0.05) is 23.8 Å². The van der Waals surface area contributed by atoms with Gasteiger partial charge in [-0.3, -0.25) is 25.4 Å². The number of carbonyl (C=O) groups excluding carboxylic acids is 2. The van der Waals surface area contributed by atoms with Crippen LogP contribution in [0, 0.1) is 19.7 Å². The van der Waals surface area contributed by atoms with Gasteiger partial charge < -0.3 is 4.74 Å². The van der Waals surface area contributed by atoms with E-state index in [4.69, 9.17) is 4.74 Å². The van der Waals surface area contributed by atoms with Crippen molar-refractivity contribution in [3.05, 3.63) is 71.2 Å². The van der Waals surface area contributed by atoms with Crippen LogP contribution in [0.5, 0.6) is 5.75 Å². The molecule has 3 aromatic rings. The van der Waals surface area contributed by atoms with E-state index in [1.807, 2.05) is 25.1 Å². The molecule has 0 spiro atoms. The van der Waals surface area contributed by atoms with Gasteiger partial charge in [0.15, 0.2) is 18.2 Å². The Kier molecular flexibility index (Phi) is 5.30. The minimum atomic E-state index is -0.617. The summed E-state index contributed by atoms with van der Waals surface area (Å²) in [7, 11) is 0. The molecule has 0 fully saturated rings. The lowest BCUT2D eigenvalue weighted by Gasteiger charge is -2.11. The zero-order chi connectivity index (χ0) is 19.4. The van der Waals surface area contributed by atoms with Crippen LogP contribution in [0.15, 0.2) is 48.5 Å². The van der Waals surface area contributed by atoms with Crippen molar-refractivity contribution in [1.82, 2.24) is 15.8 Å². The number of ether oxygens (including phenoxy) is 1. The second-order valence-corrected chi connectivity index (χ2v) is 6.04. The monoisotopic (exact) mass is 367 g/mol. The van der Waals surface area contributed by atoms with Crippen LogP contribution in [0.1, 0.15) is 21.6 Å². The van der Waals surface area contributed by atoms with Gasteiger partial charge in [-0.25, -0.2) is 4.39 Å². The van der Waals surface area contributed by atoms with Gasteiger partial charge in [0, 0.05) is 5.39 Å². The topological polar surface area (TPSA) is 80.3 Å². The van der Waals surface area contributed by atoms with Gasteiger partial charge in [0.05, 0.1) is 16.8 Å². The lowest BCUT2D eigenvalue weighted by molar-refractivity contribution is -0.123. The van der Waals surface area contributed by atoms with Crippen LogP contribution in [-0.4, -0.2) is 23.4 Å². The Morgan fingerprint density at radius 3 is 2.63 bits per heavy atom. The maximum Gasteiger partial charge on any atom is 0.276 e. The number of para-hydroxylation sites is 1. The van der Waals surface area contributed by atoms with E-state index in [2.05, 4.69) is 15.8 Å². The zero-order valence-corrected chi connectivity index (χ0v) is 14.9. The van der Waals surface area contributed by atoms with Gasteiger partial charge >= 0.3 is 0 Å². The van der Waals surface area contributed by atoms with Gasteiger partial charge in [0.1, 0.15) is 0 Å². The number of aryl methyl sites for hydroxylation is 2. The molecule has 0 saturated heterocycles. The zero-order valence-electron chi connectivity index (χ0n) is 14.9. The van der Waals surface area contributed by atoms with E-state index < -0.39 is 24.2 Å². The number of hydrogen-bond acceptors (Lipinski definition) is 4. The van der Waals surface area contributed by atoms with E-state index in [1.54, 1.807) is 19.1 Å². The maximum atomic E-state index is 13.4. The first-order chi connectivity index (χ1) is 12.9. The number of benzene rings is 2. The largest absolute Gasteiger partial charge is 0.481 e. The fraction of sp³-hybridized carbons (Fsp3) is 0.150. The van der Waals surface area contributed by atoms with E-state index >= 15 is 0 Å². The molecular weight excluding hydrogens is 349 g/mol. The standard InChI is InChI=1S/C20H18FN3O3/c1-12-7-8-17-14(9-12)10-15(13(2)22-17)20(26)24-23-19(25)11-27-18-6-4-3-5-16(18)21/h3-10H,11H2,1-2H3,(H,23,25)(H,24,26). The van der Waals surface area contributed by atoms with Gasteiger partial charge in [-0.15, -0.1) is 0 Å². The Bertz CT molecular complexity index is 1020. The molecule has 0 radical (unpaired) electrons. The molecule has 138 valence electrons. The first-order valence-electron chi connectivity index (χ1n) is 8.28. The Morgan fingerprint density at radius 1 is 1.07 bits per heavy atom. The molecule has 0 atom stereocenters. The average molecular weight is 367 g/mol. The summed E-state index contributed by atoms with van der Waals surface area (Å²) < 4.78 is 18.5. The van der Waals surface area contributed by atoms with E-state index in [1.165, 1.54) is 18.2 Å². The van der Waals surface area contributed by atoms with Crippen LogP contribution >= 0.6 is 0 Å². The molecule has 7 heteroatoms. The van der Waals surface area contributed by atoms with Crippen LogP contribution in [-0.2, 0) is 4.79 Å². The number of aromatic nitrogens is 1. The molecule has 0 saturated carbocycles. The Labute approximate surface area is 155 Å². The fourth-order valence-electron chi connectivity index (χ4n) is 2.56. The number of fused-ring (bicyclic) bond motifs is 1. The summed E-state index contributed by atoms with van der Waals surface area (Å²) >= 11 is 0. The summed E-state index contributed by atoms with van der Waals surface area (Å²) in [5.74, 6) is -1.72. The molecule has 2 N–H and O–H groups in total. The van der Waals surface area contributed by atoms with E-state index in [0.29, 0.717) is 11.3 Å². The second kappa shape index (κ2) is 7.82. The number of pyridine rings is 1. The quantitative estimate of drug-likeness (QED) is 0.695. The predicted octanol–water partition coefficient (Wildman–Crippen LogP) is 2.83. The third-order valence-electron chi connectivity index (χ3n) is 3.92. The Balaban J connectivity index is 1.62. The van der Waals surface area contributed by atoms with E-state index in [0.717, 1.165) is 16.5 Å². The summed E-state index contributed by atoms with van der Waals surface area (Å²) in [5, 5.41) is 0.833. The highest BCUT2D eigenvalue weighted by Gasteiger charge is 2.13. The van der Waals surface area contributed by atoms with Crippen LogP contribution in [0.25, 0.3) is 10.9 Å². The number of nitrogens with one attached hydrogen (secondary N) is 2. The Morgan fingerprint density at radius 2 is 1.85 bits per heavy atom. The number of rotatable bonds is 4. The second-order valence-electron chi connectivity index (χ2n) is 6.04. The minimum Gasteiger partial charge on any atom is -0.481 e. The number of amides is 2. The number of nitrogens with zero attached hydrogens (tertiary/aromatic N) is 1. The summed E-state index contributed by atoms with van der Waals surface area (Å²) in [6.07, 6.45) is 0. The SMILES string of the molecule is Cc1ccc2nc(C)c(C(=O)NNC(=O)COc3ccccc3F)cc2c1. The van der Waals surface area contributed by atoms with Crippen molar-refractivity contribution in [3.63, 3.8) is 0 Å². The van der Waals surface area contributed by atoms with Crippen molar-refractivity contribution in [3.8, 4) is 5.75 Å². The van der Waals surface area contributed by atoms with Crippen molar-refractivity contribution in [1.29, 1.82) is 0 Å². The van der Waals surface area contributed by atoms with Crippen LogP contribution in [0.3, 0.4) is 0 Å². The van der Waals surface area contributed by atoms with Gasteiger partial charge in [-0.05, 0) is 44.2 Å². The van der Waals surface area contributed by atoms with Crippen molar-refractivity contribution in [2.24, 2.45) is 0 Å². The highest BCUT2D eigenvalue weighted by molar-refractivity contribution is 5.99. The third kappa shape index (κ3) is 4.38. The van der Waals surface area contributed by atoms with Crippen molar-refractivity contribution < 1.29 is 18.7 Å². The normalized spacial score (nSPS) is 10.5. The average Bonchev–Trinajstić information content (AvgIpc) is 2.65. The lowest BCUT2D eigenvalue weighted by atomic mass is 10.1. The smallest absolute Gasteiger partial charge is 0.276 e. The molecule has 6 nitrogen and oxygen atoms in total. The maximum absolute atomic E-state index is 13.4. The predicted molar refractivity (Wildman–Crippen MR) is 98.7 cm³/mol. The molecule has 0 bridgehead atoms. The van der Waals surface area contributed by atoms with Crippen LogP contribution in [0.4, 0.5) is 4.39 Å². The summed E-state index contributed by atoms with van der Waals surface area (Å²) in [5.41, 5.74) is 7.30. The third-order valence-corrected chi connectivity index (χ3v) is 3.92. The van der Waals surface area contributed by atoms with E-state index in [9.17, 15) is 14.0 Å². The van der Waals surface area contributed by atoms with Crippen LogP contribution < -0.4 is 15.6 Å². The van der Waals surface area contributed by atoms with Gasteiger partial charge in [0.25, 0.3) is 11.8 Å². The van der Waals surface area contributed by atoms with E-state index in [-0.39, 0.29) is 5.75 Å². The van der Waals surface area contributed by atoms with Gasteiger partial charge in [0.2, 0.25) is 0 Å². The molecule has 2 aromatic carbocycles. The van der Waals surface area contributed by atoms with Crippen LogP contribution in [0.2, 0.25) is 0 Å². The first-order valence-corrected chi connectivity index (χ1v) is 8.28. The highest BCUT2D eigenvalue weighted by atomic mass is 19.1. The molecule has 0 unspecified atom stereocenters. The van der Waals surface area contributed by atoms with Crippen molar-refractivity contribution in [2.75, 3.05) is 6.61 Å². The van der Waals surface area contributed by atoms with Crippen molar-refractivity contribution in [2.45, 2.75) is 13.8 Å². The minimum absolute atomic E-state index is 0.0380. The number of hydrogen-bond donors (Lipinski definition) is 2. The molecule has 3 rings (SSSR count). The molecule has 0 aliphatic rings. The molecule has 2 amide bonds. The van der Waals surface area contributed by atoms with Crippen molar-refractivity contribution >= 4 is 22.7 Å². The fourth-order valence-corrected chi connectivity index (χ4v) is 2.56. The molecule has 1 heterocycles. The van der Waals surface area contributed by atoms with Gasteiger partial charge in [-0.2, -0.15) is 0 Å². The number of halogens is 1. The highest BCUT2D eigenvalue weighted by Crippen LogP contribution is 2.18. The molecule has 1 aromatic heterocycles. The molecular formula is C20H18FN3O3. The molecule has 27 heavy (non-hydrogen) atoms. The summed E-state index contributed by atoms with van der Waals surface area (Å²) in [6.45, 7) is 3.24. The summed E-state index contributed by atoms with van der Waals surface area (Å²) in [6, 6.07) is 13.2. The summed E-state index contributed by atoms with van der Waals surface area (Å²) in [4.78, 5) is 28.6. The number of carbonyl (C=O) groups is 2. The molecule has 0 aliphatic heterocycles.